The van der Waals surface area contributed by atoms with Gasteiger partial charge in [-0.05, 0) is 33.9 Å². The molecule has 1 heterocycles. The summed E-state index contributed by atoms with van der Waals surface area (Å²) in [4.78, 5) is 16.3. The third-order valence-corrected chi connectivity index (χ3v) is 3.84. The zero-order valence-electron chi connectivity index (χ0n) is 10.8. The molecule has 1 aromatic heterocycles. The van der Waals surface area contributed by atoms with Crippen LogP contribution < -0.4 is 0 Å². The lowest BCUT2D eigenvalue weighted by Crippen LogP contribution is -2.33. The number of aryl methyl sites for hydroxylation is 2. The number of Topliss-reactive ketones (excluding diaryl/α,β-unsaturated/α-hetero) is 1. The highest BCUT2D eigenvalue weighted by atomic mass is 32.1. The van der Waals surface area contributed by atoms with Gasteiger partial charge in [0.2, 0.25) is 0 Å². The number of nitriles is 1. The van der Waals surface area contributed by atoms with Gasteiger partial charge < -0.3 is 0 Å². The van der Waals surface area contributed by atoms with Crippen LogP contribution in [0.4, 0.5) is 0 Å². The van der Waals surface area contributed by atoms with Gasteiger partial charge in [0.15, 0.2) is 5.78 Å². The van der Waals surface area contributed by atoms with Gasteiger partial charge in [0.05, 0.1) is 19.0 Å². The molecule has 1 aromatic rings. The molecule has 17 heavy (non-hydrogen) atoms. The van der Waals surface area contributed by atoms with Gasteiger partial charge in [-0.25, -0.2) is 0 Å². The summed E-state index contributed by atoms with van der Waals surface area (Å²) in [6.07, 6.45) is 0.450. The Morgan fingerprint density at radius 3 is 2.71 bits per heavy atom. The van der Waals surface area contributed by atoms with E-state index >= 15 is 0 Å². The van der Waals surface area contributed by atoms with Crippen LogP contribution in [0, 0.1) is 25.2 Å². The Labute approximate surface area is 107 Å². The summed E-state index contributed by atoms with van der Waals surface area (Å²) in [5.41, 5.74) is 0.823. The van der Waals surface area contributed by atoms with Gasteiger partial charge in [0.25, 0.3) is 0 Å². The van der Waals surface area contributed by atoms with E-state index in [1.54, 1.807) is 11.3 Å². The number of nitrogens with zero attached hydrogens (tertiary/aromatic N) is 2. The van der Waals surface area contributed by atoms with Crippen molar-refractivity contribution < 1.29 is 4.79 Å². The fourth-order valence-corrected chi connectivity index (χ4v) is 2.61. The topological polar surface area (TPSA) is 44.1 Å². The molecule has 1 unspecified atom stereocenters. The third kappa shape index (κ3) is 3.65. The fraction of sp³-hybridized carbons (Fsp3) is 0.538. The summed E-state index contributed by atoms with van der Waals surface area (Å²) in [6, 6.07) is 4.19. The average Bonchev–Trinajstić information content (AvgIpc) is 2.58. The minimum Gasteiger partial charge on any atom is -0.295 e. The number of hydrogen-bond donors (Lipinski definition) is 0. The molecule has 0 aromatic carbocycles. The van der Waals surface area contributed by atoms with E-state index in [1.165, 1.54) is 4.88 Å². The van der Waals surface area contributed by atoms with E-state index in [1.807, 2.05) is 38.8 Å². The van der Waals surface area contributed by atoms with Crippen molar-refractivity contribution in [2.45, 2.75) is 33.2 Å². The molecule has 0 saturated heterocycles. The number of likely N-dealkylation sites (N-methyl/N-ethyl adjacent to an activating group) is 1. The first kappa shape index (κ1) is 13.9. The van der Waals surface area contributed by atoms with E-state index < -0.39 is 0 Å². The first-order valence-electron chi connectivity index (χ1n) is 5.63. The van der Waals surface area contributed by atoms with E-state index in [9.17, 15) is 4.79 Å². The summed E-state index contributed by atoms with van der Waals surface area (Å²) in [6.45, 7) is 6.32. The molecule has 0 N–H and O–H groups in total. The molecule has 3 nitrogen and oxygen atoms in total. The van der Waals surface area contributed by atoms with Gasteiger partial charge in [-0.2, -0.15) is 5.26 Å². The van der Waals surface area contributed by atoms with Gasteiger partial charge in [-0.15, -0.1) is 11.3 Å². The Balaban J connectivity index is 2.67. The second-order valence-corrected chi connectivity index (χ2v) is 5.84. The smallest absolute Gasteiger partial charge is 0.177 e. The van der Waals surface area contributed by atoms with Gasteiger partial charge >= 0.3 is 0 Å². The molecule has 0 spiro atoms. The van der Waals surface area contributed by atoms with Crippen molar-refractivity contribution in [2.24, 2.45) is 0 Å². The van der Waals surface area contributed by atoms with Crippen LogP contribution in [0.2, 0.25) is 0 Å². The normalized spacial score (nSPS) is 12.5. The molecular weight excluding hydrogens is 232 g/mol. The van der Waals surface area contributed by atoms with Gasteiger partial charge in [-0.1, -0.05) is 0 Å². The van der Waals surface area contributed by atoms with Gasteiger partial charge in [0.1, 0.15) is 0 Å². The molecule has 4 heteroatoms. The van der Waals surface area contributed by atoms with Crippen LogP contribution in [0.25, 0.3) is 0 Å². The van der Waals surface area contributed by atoms with Crippen LogP contribution in [0.15, 0.2) is 6.07 Å². The van der Waals surface area contributed by atoms with Gasteiger partial charge in [-0.3, -0.25) is 9.69 Å². The second-order valence-electron chi connectivity index (χ2n) is 4.38. The number of carbonyl (C=O) groups is 1. The van der Waals surface area contributed by atoms with Crippen LogP contribution in [0.3, 0.4) is 0 Å². The second kappa shape index (κ2) is 5.95. The van der Waals surface area contributed by atoms with E-state index in [4.69, 9.17) is 5.26 Å². The predicted octanol–water partition coefficient (Wildman–Crippen LogP) is 2.78. The standard InChI is InChI=1S/C13H18N2OS/c1-9(5-6-14)15(4)8-13(16)12-7-10(2)17-11(12)3/h7,9H,5,8H2,1-4H3. The van der Waals surface area contributed by atoms with E-state index in [-0.39, 0.29) is 11.8 Å². The quantitative estimate of drug-likeness (QED) is 0.755. The maximum Gasteiger partial charge on any atom is 0.177 e. The molecule has 0 radical (unpaired) electrons. The molecule has 0 bridgehead atoms. The van der Waals surface area contributed by atoms with Crippen LogP contribution in [-0.4, -0.2) is 30.3 Å². The molecule has 0 amide bonds. The largest absolute Gasteiger partial charge is 0.295 e. The van der Waals surface area contributed by atoms with Gasteiger partial charge in [0, 0.05) is 21.4 Å². The van der Waals surface area contributed by atoms with E-state index in [0.29, 0.717) is 13.0 Å². The molecule has 0 saturated carbocycles. The number of thiophene rings is 1. The monoisotopic (exact) mass is 250 g/mol. The van der Waals surface area contributed by atoms with E-state index in [2.05, 4.69) is 6.07 Å². The van der Waals surface area contributed by atoms with Crippen LogP contribution in [-0.2, 0) is 0 Å². The molecular formula is C13H18N2OS. The van der Waals surface area contributed by atoms with Crippen molar-refractivity contribution in [3.05, 3.63) is 21.4 Å². The van der Waals surface area contributed by atoms with Crippen molar-refractivity contribution in [1.82, 2.24) is 4.90 Å². The number of carbonyl (C=O) groups excluding carboxylic acids is 1. The first-order valence-corrected chi connectivity index (χ1v) is 6.44. The lowest BCUT2D eigenvalue weighted by Gasteiger charge is -2.21. The molecule has 0 aliphatic rings. The van der Waals surface area contributed by atoms with Crippen molar-refractivity contribution in [3.63, 3.8) is 0 Å². The Morgan fingerprint density at radius 1 is 1.59 bits per heavy atom. The third-order valence-electron chi connectivity index (χ3n) is 2.87. The summed E-state index contributed by atoms with van der Waals surface area (Å²) in [5, 5.41) is 8.62. The van der Waals surface area contributed by atoms with Crippen molar-refractivity contribution in [3.8, 4) is 6.07 Å². The minimum absolute atomic E-state index is 0.115. The highest BCUT2D eigenvalue weighted by Crippen LogP contribution is 2.21. The molecule has 0 aliphatic heterocycles. The zero-order chi connectivity index (χ0) is 13.0. The SMILES string of the molecule is Cc1cc(C(=O)CN(C)C(C)CC#N)c(C)s1. The van der Waals surface area contributed by atoms with Crippen molar-refractivity contribution in [2.75, 3.05) is 13.6 Å². The Morgan fingerprint density at radius 2 is 2.24 bits per heavy atom. The average molecular weight is 250 g/mol. The predicted molar refractivity (Wildman–Crippen MR) is 70.4 cm³/mol. The Kier molecular flexibility index (Phi) is 4.86. The summed E-state index contributed by atoms with van der Waals surface area (Å²) in [5.74, 6) is 0.138. The molecule has 0 aliphatic carbocycles. The lowest BCUT2D eigenvalue weighted by atomic mass is 10.1. The highest BCUT2D eigenvalue weighted by molar-refractivity contribution is 7.12. The Bertz CT molecular complexity index is 445. The van der Waals surface area contributed by atoms with Crippen molar-refractivity contribution in [1.29, 1.82) is 5.26 Å². The molecule has 0 fully saturated rings. The maximum absolute atomic E-state index is 12.1. The Hall–Kier alpha value is -1.18. The minimum atomic E-state index is 0.115. The summed E-state index contributed by atoms with van der Waals surface area (Å²) in [7, 11) is 1.88. The fourth-order valence-electron chi connectivity index (χ4n) is 1.66. The maximum atomic E-state index is 12.1. The number of rotatable bonds is 5. The number of ketones is 1. The van der Waals surface area contributed by atoms with Crippen LogP contribution in [0.5, 0.6) is 0 Å². The number of hydrogen-bond acceptors (Lipinski definition) is 4. The summed E-state index contributed by atoms with van der Waals surface area (Å²) < 4.78 is 0. The molecule has 92 valence electrons. The van der Waals surface area contributed by atoms with Crippen LogP contribution in [0.1, 0.15) is 33.5 Å². The molecule has 1 rings (SSSR count). The molecule has 1 atom stereocenters. The first-order chi connectivity index (χ1) is 7.95. The zero-order valence-corrected chi connectivity index (χ0v) is 11.6. The highest BCUT2D eigenvalue weighted by Gasteiger charge is 2.16. The van der Waals surface area contributed by atoms with Crippen LogP contribution >= 0.6 is 11.3 Å². The lowest BCUT2D eigenvalue weighted by molar-refractivity contribution is 0.0925. The summed E-state index contributed by atoms with van der Waals surface area (Å²) >= 11 is 1.65. The van der Waals surface area contributed by atoms with E-state index in [0.717, 1.165) is 10.4 Å². The van der Waals surface area contributed by atoms with Crippen molar-refractivity contribution >= 4 is 17.1 Å².